The molecule has 0 radical (unpaired) electrons. The number of nitrogens with one attached hydrogen (secondary N) is 1. The number of nitrogens with two attached hydrogens (primary N) is 1. The lowest BCUT2D eigenvalue weighted by molar-refractivity contribution is -0.299. The van der Waals surface area contributed by atoms with Gasteiger partial charge in [-0.25, -0.2) is 0 Å². The average Bonchev–Trinajstić information content (AvgIpc) is 2.18. The Kier molecular flexibility index (Phi) is 3.17. The summed E-state index contributed by atoms with van der Waals surface area (Å²) >= 11 is 0. The minimum Gasteiger partial charge on any atom is -0.542 e. The van der Waals surface area contributed by atoms with Crippen molar-refractivity contribution in [3.8, 4) is 0 Å². The third-order valence-corrected chi connectivity index (χ3v) is 1.86. The summed E-state index contributed by atoms with van der Waals surface area (Å²) in [6.45, 7) is 0. The summed E-state index contributed by atoms with van der Waals surface area (Å²) in [6, 6.07) is 6.22. The fourth-order valence-electron chi connectivity index (χ4n) is 1.06. The van der Waals surface area contributed by atoms with Crippen LogP contribution in [0.15, 0.2) is 24.3 Å². The Morgan fingerprint density at radius 3 is 2.20 bits per heavy atom. The van der Waals surface area contributed by atoms with E-state index in [9.17, 15) is 14.7 Å². The summed E-state index contributed by atoms with van der Waals surface area (Å²) in [5, 5.41) is 17.3. The molecule has 0 heterocycles. The van der Waals surface area contributed by atoms with Crippen LogP contribution in [0.1, 0.15) is 11.1 Å². The maximum absolute atomic E-state index is 10.8. The van der Waals surface area contributed by atoms with E-state index in [1.165, 1.54) is 0 Å². The SMILES string of the molecule is N=C(N)c1ccc(CC(=O)C(=O)[O-])cc1. The second-order valence-electron chi connectivity index (χ2n) is 3.00. The van der Waals surface area contributed by atoms with Gasteiger partial charge in [-0.2, -0.15) is 0 Å². The summed E-state index contributed by atoms with van der Waals surface area (Å²) in [6.07, 6.45) is -0.208. The van der Waals surface area contributed by atoms with E-state index >= 15 is 0 Å². The lowest BCUT2D eigenvalue weighted by Gasteiger charge is -2.03. The molecule has 15 heavy (non-hydrogen) atoms. The molecule has 0 fully saturated rings. The summed E-state index contributed by atoms with van der Waals surface area (Å²) < 4.78 is 0. The highest BCUT2D eigenvalue weighted by atomic mass is 16.4. The fraction of sp³-hybridized carbons (Fsp3) is 0.100. The van der Waals surface area contributed by atoms with Crippen molar-refractivity contribution < 1.29 is 14.7 Å². The molecular weight excluding hydrogens is 196 g/mol. The van der Waals surface area contributed by atoms with Gasteiger partial charge in [0.15, 0.2) is 5.78 Å². The van der Waals surface area contributed by atoms with E-state index in [0.717, 1.165) is 0 Å². The predicted octanol–water partition coefficient (Wildman–Crippen LogP) is -1.17. The molecule has 1 aromatic carbocycles. The molecule has 0 aromatic heterocycles. The third kappa shape index (κ3) is 2.91. The maximum Gasteiger partial charge on any atom is 0.182 e. The van der Waals surface area contributed by atoms with E-state index in [1.54, 1.807) is 24.3 Å². The Hall–Kier alpha value is -2.17. The summed E-state index contributed by atoms with van der Waals surface area (Å²) in [7, 11) is 0. The highest BCUT2D eigenvalue weighted by molar-refractivity contribution is 6.32. The normalized spacial score (nSPS) is 9.60. The van der Waals surface area contributed by atoms with Gasteiger partial charge in [-0.1, -0.05) is 24.3 Å². The van der Waals surface area contributed by atoms with Crippen molar-refractivity contribution in [3.63, 3.8) is 0 Å². The molecule has 0 saturated carbocycles. The van der Waals surface area contributed by atoms with Crippen molar-refractivity contribution in [1.82, 2.24) is 0 Å². The molecule has 0 saturated heterocycles. The number of carboxylic acid groups (broad SMARTS) is 1. The first-order valence-electron chi connectivity index (χ1n) is 4.18. The Bertz CT molecular complexity index is 409. The number of ketones is 1. The molecule has 0 aliphatic rings. The molecule has 0 aliphatic heterocycles. The van der Waals surface area contributed by atoms with E-state index < -0.39 is 11.8 Å². The second kappa shape index (κ2) is 4.36. The highest BCUT2D eigenvalue weighted by Crippen LogP contribution is 2.04. The number of benzene rings is 1. The van der Waals surface area contributed by atoms with Gasteiger partial charge in [0.1, 0.15) is 11.8 Å². The van der Waals surface area contributed by atoms with E-state index in [-0.39, 0.29) is 12.3 Å². The minimum absolute atomic E-state index is 0.0761. The van der Waals surface area contributed by atoms with Crippen molar-refractivity contribution in [2.24, 2.45) is 5.73 Å². The van der Waals surface area contributed by atoms with Crippen LogP contribution in [0.5, 0.6) is 0 Å². The van der Waals surface area contributed by atoms with Gasteiger partial charge in [0.25, 0.3) is 0 Å². The van der Waals surface area contributed by atoms with Gasteiger partial charge in [-0.3, -0.25) is 10.2 Å². The topological polar surface area (TPSA) is 107 Å². The maximum atomic E-state index is 10.8. The molecule has 0 atom stereocenters. The zero-order valence-corrected chi connectivity index (χ0v) is 7.82. The number of rotatable bonds is 4. The third-order valence-electron chi connectivity index (χ3n) is 1.86. The Morgan fingerprint density at radius 1 is 1.27 bits per heavy atom. The molecule has 1 aromatic rings. The lowest BCUT2D eigenvalue weighted by Crippen LogP contribution is -2.32. The highest BCUT2D eigenvalue weighted by Gasteiger charge is 2.04. The van der Waals surface area contributed by atoms with E-state index in [0.29, 0.717) is 11.1 Å². The van der Waals surface area contributed by atoms with Crippen molar-refractivity contribution in [2.75, 3.05) is 0 Å². The Balaban J connectivity index is 2.77. The average molecular weight is 205 g/mol. The van der Waals surface area contributed by atoms with Gasteiger partial charge < -0.3 is 15.6 Å². The van der Waals surface area contributed by atoms with Gasteiger partial charge >= 0.3 is 0 Å². The first-order valence-corrected chi connectivity index (χ1v) is 4.18. The fourth-order valence-corrected chi connectivity index (χ4v) is 1.06. The number of carboxylic acids is 1. The van der Waals surface area contributed by atoms with Crippen LogP contribution in [0.2, 0.25) is 0 Å². The van der Waals surface area contributed by atoms with Crippen LogP contribution in [0, 0.1) is 5.41 Å². The number of aliphatic carboxylic acids is 1. The van der Waals surface area contributed by atoms with Gasteiger partial charge in [-0.15, -0.1) is 0 Å². The predicted molar refractivity (Wildman–Crippen MR) is 51.2 cm³/mol. The van der Waals surface area contributed by atoms with Gasteiger partial charge in [-0.05, 0) is 5.56 Å². The van der Waals surface area contributed by atoms with Crippen LogP contribution in [-0.4, -0.2) is 17.6 Å². The molecule has 0 spiro atoms. The number of amidine groups is 1. The van der Waals surface area contributed by atoms with Crippen molar-refractivity contribution >= 4 is 17.6 Å². The van der Waals surface area contributed by atoms with Crippen molar-refractivity contribution in [3.05, 3.63) is 35.4 Å². The van der Waals surface area contributed by atoms with Gasteiger partial charge in [0.2, 0.25) is 0 Å². The molecular formula is C10H9N2O3-. The number of hydrogen-bond acceptors (Lipinski definition) is 4. The van der Waals surface area contributed by atoms with E-state index in [2.05, 4.69) is 0 Å². The number of carbonyl (C=O) groups excluding carboxylic acids is 2. The second-order valence-corrected chi connectivity index (χ2v) is 3.00. The molecule has 0 bridgehead atoms. The lowest BCUT2D eigenvalue weighted by atomic mass is 10.1. The monoisotopic (exact) mass is 205 g/mol. The first kappa shape index (κ1) is 10.9. The zero-order valence-electron chi connectivity index (χ0n) is 7.82. The number of Topliss-reactive ketones (excluding diaryl/α,β-unsaturated/α-hetero) is 1. The number of hydrogen-bond donors (Lipinski definition) is 2. The molecule has 5 nitrogen and oxygen atoms in total. The van der Waals surface area contributed by atoms with E-state index in [4.69, 9.17) is 11.1 Å². The molecule has 0 aliphatic carbocycles. The van der Waals surface area contributed by atoms with Crippen LogP contribution < -0.4 is 10.8 Å². The number of nitrogen functional groups attached to an aromatic ring is 1. The number of carbonyl (C=O) groups is 2. The Morgan fingerprint density at radius 2 is 1.80 bits per heavy atom. The van der Waals surface area contributed by atoms with Crippen LogP contribution >= 0.6 is 0 Å². The summed E-state index contributed by atoms with van der Waals surface area (Å²) in [5.74, 6) is -2.73. The Labute approximate surface area is 86.0 Å². The largest absolute Gasteiger partial charge is 0.542 e. The smallest absolute Gasteiger partial charge is 0.182 e. The summed E-state index contributed by atoms with van der Waals surface area (Å²) in [5.41, 5.74) is 6.30. The van der Waals surface area contributed by atoms with Gasteiger partial charge in [0, 0.05) is 12.0 Å². The minimum atomic E-state index is -1.69. The molecule has 5 heteroatoms. The molecule has 0 amide bonds. The molecule has 0 unspecified atom stereocenters. The van der Waals surface area contributed by atoms with Crippen LogP contribution in [0.25, 0.3) is 0 Å². The van der Waals surface area contributed by atoms with Crippen molar-refractivity contribution in [1.29, 1.82) is 5.41 Å². The van der Waals surface area contributed by atoms with E-state index in [1.807, 2.05) is 0 Å². The molecule has 78 valence electrons. The van der Waals surface area contributed by atoms with Gasteiger partial charge in [0.05, 0.1) is 0 Å². The zero-order chi connectivity index (χ0) is 11.4. The van der Waals surface area contributed by atoms with Crippen molar-refractivity contribution in [2.45, 2.75) is 6.42 Å². The standard InChI is InChI=1S/C10H10N2O3/c11-9(12)7-3-1-6(2-4-7)5-8(13)10(14)15/h1-4H,5H2,(H3,11,12)(H,14,15)/p-1. The summed E-state index contributed by atoms with van der Waals surface area (Å²) in [4.78, 5) is 21.0. The molecule has 1 rings (SSSR count). The quantitative estimate of drug-likeness (QED) is 0.367. The van der Waals surface area contributed by atoms with Crippen LogP contribution in [0.4, 0.5) is 0 Å². The van der Waals surface area contributed by atoms with Crippen LogP contribution in [-0.2, 0) is 16.0 Å². The molecule has 3 N–H and O–H groups in total. The first-order chi connectivity index (χ1) is 7.00. The van der Waals surface area contributed by atoms with Crippen LogP contribution in [0.3, 0.4) is 0 Å².